The van der Waals surface area contributed by atoms with Crippen LogP contribution in [0.3, 0.4) is 0 Å². The summed E-state index contributed by atoms with van der Waals surface area (Å²) in [5, 5.41) is 0. The molecule has 0 aliphatic carbocycles. The van der Waals surface area contributed by atoms with Crippen molar-refractivity contribution in [3.05, 3.63) is 61.5 Å². The second-order valence-electron chi connectivity index (χ2n) is 10.9. The molecule has 0 N–H and O–H groups in total. The Balaban J connectivity index is 0.000000291. The van der Waals surface area contributed by atoms with Crippen molar-refractivity contribution < 1.29 is 0 Å². The Morgan fingerprint density at radius 2 is 0.690 bits per heavy atom. The molecule has 1 aromatic carbocycles. The van der Waals surface area contributed by atoms with Crippen molar-refractivity contribution in [3.63, 3.8) is 0 Å². The Morgan fingerprint density at radius 3 is 1.03 bits per heavy atom. The summed E-state index contributed by atoms with van der Waals surface area (Å²) in [6.45, 7) is 33.5. The second kappa shape index (κ2) is 8.62. The number of aryl methyl sites for hydroxylation is 2. The van der Waals surface area contributed by atoms with Gasteiger partial charge in [-0.05, 0) is 123 Å². The lowest BCUT2D eigenvalue weighted by Crippen LogP contribution is -2.17. The lowest BCUT2D eigenvalue weighted by molar-refractivity contribution is 0.576. The van der Waals surface area contributed by atoms with Crippen molar-refractivity contribution in [2.24, 2.45) is 0 Å². The highest BCUT2D eigenvalue weighted by Crippen LogP contribution is 2.34. The van der Waals surface area contributed by atoms with E-state index in [0.29, 0.717) is 0 Å². The van der Waals surface area contributed by atoms with Crippen LogP contribution in [0.25, 0.3) is 0 Å². The van der Waals surface area contributed by atoms with Gasteiger partial charge in [-0.3, -0.25) is 4.98 Å². The number of pyridine rings is 1. The van der Waals surface area contributed by atoms with Gasteiger partial charge >= 0.3 is 0 Å². The van der Waals surface area contributed by atoms with Gasteiger partial charge in [0.15, 0.2) is 0 Å². The average Bonchev–Trinajstić information content (AvgIpc) is 2.54. The second-order valence-corrected chi connectivity index (χ2v) is 10.9. The minimum atomic E-state index is 0.194. The van der Waals surface area contributed by atoms with Gasteiger partial charge in [-0.2, -0.15) is 0 Å². The first kappa shape index (κ1) is 25.4. The lowest BCUT2D eigenvalue weighted by atomic mass is 9.77. The van der Waals surface area contributed by atoms with Crippen LogP contribution in [-0.2, 0) is 10.8 Å². The van der Waals surface area contributed by atoms with Crippen LogP contribution in [0.2, 0.25) is 0 Å². The molecular weight excluding hydrogens is 350 g/mol. The largest absolute Gasteiger partial charge is 0.258 e. The van der Waals surface area contributed by atoms with E-state index in [1.165, 1.54) is 55.8 Å². The standard InChI is InChI=1S/C15H24.C13H21N/c1-9-10(2)12(4)14(15(6,7)8)13(5)11(9)3;1-8-9(2)12(13(5,6)7)11(4)14-10(8)3/h1-8H3;1-7H3. The zero-order valence-corrected chi connectivity index (χ0v) is 21.9. The normalized spacial score (nSPS) is 12.0. The van der Waals surface area contributed by atoms with E-state index in [1.54, 1.807) is 0 Å². The molecule has 1 nitrogen and oxygen atoms in total. The Bertz CT molecular complexity index is 871. The minimum absolute atomic E-state index is 0.194. The lowest BCUT2D eigenvalue weighted by Gasteiger charge is -2.28. The van der Waals surface area contributed by atoms with Crippen LogP contribution in [0, 0.1) is 62.3 Å². The molecule has 2 rings (SSSR count). The van der Waals surface area contributed by atoms with Gasteiger partial charge in [0.1, 0.15) is 0 Å². The summed E-state index contributed by atoms with van der Waals surface area (Å²) in [7, 11) is 0. The molecule has 0 unspecified atom stereocenters. The molecule has 1 heteroatoms. The molecule has 0 saturated carbocycles. The number of hydrogen-bond acceptors (Lipinski definition) is 1. The first-order valence-electron chi connectivity index (χ1n) is 10.9. The van der Waals surface area contributed by atoms with Crippen LogP contribution in [-0.4, -0.2) is 4.98 Å². The maximum atomic E-state index is 4.60. The summed E-state index contributed by atoms with van der Waals surface area (Å²) >= 11 is 0. The van der Waals surface area contributed by atoms with Crippen molar-refractivity contribution >= 4 is 0 Å². The van der Waals surface area contributed by atoms with E-state index in [1.807, 2.05) is 0 Å². The molecule has 0 aliphatic heterocycles. The summed E-state index contributed by atoms with van der Waals surface area (Å²) in [5.74, 6) is 0. The summed E-state index contributed by atoms with van der Waals surface area (Å²) in [4.78, 5) is 4.60. The monoisotopic (exact) mass is 395 g/mol. The summed E-state index contributed by atoms with van der Waals surface area (Å²) in [6.07, 6.45) is 0. The van der Waals surface area contributed by atoms with E-state index >= 15 is 0 Å². The average molecular weight is 396 g/mol. The molecule has 0 spiro atoms. The van der Waals surface area contributed by atoms with Gasteiger partial charge < -0.3 is 0 Å². The Kier molecular flexibility index (Phi) is 7.55. The SMILES string of the molecule is Cc1c(C)c(C)c(C(C)(C)C)c(C)c1C.Cc1nc(C)c(C(C)(C)C)c(C)c1C. The van der Waals surface area contributed by atoms with Crippen molar-refractivity contribution in [1.82, 2.24) is 4.98 Å². The van der Waals surface area contributed by atoms with E-state index in [0.717, 1.165) is 5.69 Å². The smallest absolute Gasteiger partial charge is 0.0416 e. The van der Waals surface area contributed by atoms with Gasteiger partial charge in [0.05, 0.1) is 0 Å². The van der Waals surface area contributed by atoms with Gasteiger partial charge in [0.2, 0.25) is 0 Å². The first-order valence-corrected chi connectivity index (χ1v) is 10.9. The molecule has 1 aromatic heterocycles. The number of benzene rings is 1. The van der Waals surface area contributed by atoms with Gasteiger partial charge in [0, 0.05) is 11.4 Å². The van der Waals surface area contributed by atoms with Gasteiger partial charge in [-0.25, -0.2) is 0 Å². The van der Waals surface area contributed by atoms with E-state index in [-0.39, 0.29) is 10.8 Å². The molecule has 0 amide bonds. The highest BCUT2D eigenvalue weighted by atomic mass is 14.7. The molecule has 162 valence electrons. The predicted octanol–water partition coefficient (Wildman–Crippen LogP) is 8.14. The fourth-order valence-electron chi connectivity index (χ4n) is 4.85. The molecule has 1 heterocycles. The Morgan fingerprint density at radius 1 is 0.379 bits per heavy atom. The zero-order valence-electron chi connectivity index (χ0n) is 21.9. The Labute approximate surface area is 181 Å². The third-order valence-electron chi connectivity index (χ3n) is 6.68. The highest BCUT2D eigenvalue weighted by Gasteiger charge is 2.22. The molecule has 29 heavy (non-hydrogen) atoms. The van der Waals surface area contributed by atoms with Crippen LogP contribution in [0.5, 0.6) is 0 Å². The molecule has 0 atom stereocenters. The maximum Gasteiger partial charge on any atom is 0.0416 e. The fourth-order valence-corrected chi connectivity index (χ4v) is 4.85. The molecule has 2 aromatic rings. The van der Waals surface area contributed by atoms with E-state index in [9.17, 15) is 0 Å². The highest BCUT2D eigenvalue weighted by molar-refractivity contribution is 5.51. The molecule has 0 aliphatic rings. The third kappa shape index (κ3) is 5.30. The van der Waals surface area contributed by atoms with Crippen LogP contribution in [0.4, 0.5) is 0 Å². The first-order chi connectivity index (χ1) is 12.9. The predicted molar refractivity (Wildman–Crippen MR) is 131 cm³/mol. The number of aromatic nitrogens is 1. The van der Waals surface area contributed by atoms with Crippen LogP contribution in [0.1, 0.15) is 103 Å². The summed E-state index contributed by atoms with van der Waals surface area (Å²) < 4.78 is 0. The molecule has 0 bridgehead atoms. The van der Waals surface area contributed by atoms with Crippen LogP contribution in [0.15, 0.2) is 0 Å². The third-order valence-corrected chi connectivity index (χ3v) is 6.68. The minimum Gasteiger partial charge on any atom is -0.258 e. The quantitative estimate of drug-likeness (QED) is 0.438. The molecule has 0 saturated heterocycles. The number of nitrogens with zero attached hydrogens (tertiary/aromatic N) is 1. The van der Waals surface area contributed by atoms with Gasteiger partial charge in [-0.1, -0.05) is 41.5 Å². The molecule has 0 fully saturated rings. The van der Waals surface area contributed by atoms with Crippen molar-refractivity contribution in [1.29, 1.82) is 0 Å². The zero-order chi connectivity index (χ0) is 23.1. The summed E-state index contributed by atoms with van der Waals surface area (Å²) in [5.41, 5.74) is 15.8. The van der Waals surface area contributed by atoms with E-state index in [4.69, 9.17) is 0 Å². The maximum absolute atomic E-state index is 4.60. The number of hydrogen-bond donors (Lipinski definition) is 0. The molecular formula is C28H45N. The van der Waals surface area contributed by atoms with Gasteiger partial charge in [0.25, 0.3) is 0 Å². The van der Waals surface area contributed by atoms with E-state index < -0.39 is 0 Å². The van der Waals surface area contributed by atoms with E-state index in [2.05, 4.69) is 109 Å². The number of rotatable bonds is 0. The molecule has 0 radical (unpaired) electrons. The van der Waals surface area contributed by atoms with Crippen molar-refractivity contribution in [2.45, 2.75) is 115 Å². The van der Waals surface area contributed by atoms with Crippen molar-refractivity contribution in [2.75, 3.05) is 0 Å². The Hall–Kier alpha value is -1.63. The van der Waals surface area contributed by atoms with Gasteiger partial charge in [-0.15, -0.1) is 0 Å². The van der Waals surface area contributed by atoms with Crippen molar-refractivity contribution in [3.8, 4) is 0 Å². The summed E-state index contributed by atoms with van der Waals surface area (Å²) in [6, 6.07) is 0. The van der Waals surface area contributed by atoms with Crippen LogP contribution >= 0.6 is 0 Å². The fraction of sp³-hybridized carbons (Fsp3) is 0.607. The van der Waals surface area contributed by atoms with Crippen LogP contribution < -0.4 is 0 Å². The topological polar surface area (TPSA) is 12.9 Å².